The molecule has 0 saturated carbocycles. The molecule has 1 heterocycles. The zero-order valence-corrected chi connectivity index (χ0v) is 14.3. The van der Waals surface area contributed by atoms with Crippen LogP contribution >= 0.6 is 27.5 Å². The van der Waals surface area contributed by atoms with Crippen molar-refractivity contribution in [2.24, 2.45) is 0 Å². The second kappa shape index (κ2) is 6.47. The fraction of sp³-hybridized carbons (Fsp3) is 0.0667. The number of halogens is 2. The van der Waals surface area contributed by atoms with Gasteiger partial charge in [-0.2, -0.15) is 4.68 Å². The van der Waals surface area contributed by atoms with Gasteiger partial charge in [0.25, 0.3) is 5.91 Å². The van der Waals surface area contributed by atoms with Gasteiger partial charge in [0.05, 0.1) is 11.3 Å². The highest BCUT2D eigenvalue weighted by atomic mass is 79.9. The Morgan fingerprint density at radius 1 is 1.26 bits per heavy atom. The summed E-state index contributed by atoms with van der Waals surface area (Å²) in [5.74, 6) is -0.292. The Morgan fingerprint density at radius 3 is 2.78 bits per heavy atom. The van der Waals surface area contributed by atoms with Crippen LogP contribution in [0.15, 0.2) is 47.2 Å². The molecule has 23 heavy (non-hydrogen) atoms. The van der Waals surface area contributed by atoms with Gasteiger partial charge in [0.15, 0.2) is 0 Å². The Bertz CT molecular complexity index is 866. The number of amides is 1. The smallest absolute Gasteiger partial charge is 0.257 e. The van der Waals surface area contributed by atoms with Crippen molar-refractivity contribution >= 4 is 39.1 Å². The molecule has 0 aliphatic carbocycles. The highest BCUT2D eigenvalue weighted by Crippen LogP contribution is 2.23. The van der Waals surface area contributed by atoms with E-state index in [4.69, 9.17) is 11.6 Å². The molecule has 1 aromatic heterocycles. The van der Waals surface area contributed by atoms with Crippen molar-refractivity contribution in [3.63, 3.8) is 0 Å². The fourth-order valence-corrected chi connectivity index (χ4v) is 2.50. The van der Waals surface area contributed by atoms with Crippen LogP contribution in [0, 0.1) is 6.92 Å². The van der Waals surface area contributed by atoms with E-state index in [0.717, 1.165) is 10.0 Å². The minimum atomic E-state index is -0.292. The third-order valence-corrected chi connectivity index (χ3v) is 4.34. The summed E-state index contributed by atoms with van der Waals surface area (Å²) < 4.78 is 2.39. The lowest BCUT2D eigenvalue weighted by Crippen LogP contribution is -2.15. The molecule has 116 valence electrons. The molecule has 1 N–H and O–H groups in total. The predicted octanol–water partition coefficient (Wildman–Crippen LogP) is 3.64. The Hall–Kier alpha value is -2.25. The molecule has 0 atom stereocenters. The molecular weight excluding hydrogens is 382 g/mol. The van der Waals surface area contributed by atoms with Crippen molar-refractivity contribution in [1.29, 1.82) is 0 Å². The maximum atomic E-state index is 12.6. The molecule has 0 bridgehead atoms. The van der Waals surface area contributed by atoms with Crippen molar-refractivity contribution in [1.82, 2.24) is 20.2 Å². The van der Waals surface area contributed by atoms with E-state index in [1.807, 2.05) is 25.1 Å². The number of nitrogens with zero attached hydrogens (tertiary/aromatic N) is 4. The van der Waals surface area contributed by atoms with Crippen LogP contribution in [0.25, 0.3) is 5.69 Å². The standard InChI is InChI=1S/C15H11BrClN5O/c1-9-6-11(3-4-13(9)16)19-15(23)12-7-10(17)2-5-14(12)22-8-18-20-21-22/h2-8H,1H3,(H,19,23). The second-order valence-electron chi connectivity index (χ2n) is 4.83. The fourth-order valence-electron chi connectivity index (χ4n) is 2.08. The topological polar surface area (TPSA) is 72.7 Å². The lowest BCUT2D eigenvalue weighted by molar-refractivity contribution is 0.102. The largest absolute Gasteiger partial charge is 0.322 e. The van der Waals surface area contributed by atoms with Gasteiger partial charge in [-0.3, -0.25) is 4.79 Å². The Labute approximate surface area is 145 Å². The van der Waals surface area contributed by atoms with Crippen molar-refractivity contribution in [2.75, 3.05) is 5.32 Å². The molecule has 0 aliphatic rings. The van der Waals surface area contributed by atoms with Crippen molar-refractivity contribution in [3.05, 3.63) is 63.3 Å². The molecule has 0 aliphatic heterocycles. The van der Waals surface area contributed by atoms with Crippen LogP contribution in [0.2, 0.25) is 5.02 Å². The number of hydrogen-bond donors (Lipinski definition) is 1. The number of anilines is 1. The summed E-state index contributed by atoms with van der Waals surface area (Å²) >= 11 is 9.46. The minimum absolute atomic E-state index is 0.292. The molecule has 0 saturated heterocycles. The maximum absolute atomic E-state index is 12.6. The Kier molecular flexibility index (Phi) is 4.40. The zero-order valence-electron chi connectivity index (χ0n) is 12.0. The van der Waals surface area contributed by atoms with E-state index in [9.17, 15) is 4.79 Å². The molecule has 3 rings (SSSR count). The first-order valence-corrected chi connectivity index (χ1v) is 7.82. The van der Waals surface area contributed by atoms with Crippen LogP contribution in [0.3, 0.4) is 0 Å². The van der Waals surface area contributed by atoms with Crippen LogP contribution in [0.4, 0.5) is 5.69 Å². The quantitative estimate of drug-likeness (QED) is 0.738. The highest BCUT2D eigenvalue weighted by molar-refractivity contribution is 9.10. The monoisotopic (exact) mass is 391 g/mol. The van der Waals surface area contributed by atoms with E-state index < -0.39 is 0 Å². The average molecular weight is 393 g/mol. The van der Waals surface area contributed by atoms with Gasteiger partial charge in [0.2, 0.25) is 0 Å². The predicted molar refractivity (Wildman–Crippen MR) is 91.0 cm³/mol. The van der Waals surface area contributed by atoms with Crippen molar-refractivity contribution < 1.29 is 4.79 Å². The summed E-state index contributed by atoms with van der Waals surface area (Å²) in [5, 5.41) is 14.3. The third-order valence-electron chi connectivity index (χ3n) is 3.21. The van der Waals surface area contributed by atoms with Crippen molar-refractivity contribution in [2.45, 2.75) is 6.92 Å². The first-order chi connectivity index (χ1) is 11.0. The number of tetrazole rings is 1. The number of aromatic nitrogens is 4. The van der Waals surface area contributed by atoms with Gasteiger partial charge in [0.1, 0.15) is 6.33 Å². The number of hydrogen-bond acceptors (Lipinski definition) is 4. The third kappa shape index (κ3) is 3.40. The maximum Gasteiger partial charge on any atom is 0.257 e. The van der Waals surface area contributed by atoms with E-state index in [2.05, 4.69) is 36.8 Å². The lowest BCUT2D eigenvalue weighted by Gasteiger charge is -2.11. The molecule has 3 aromatic rings. The average Bonchev–Trinajstić information content (AvgIpc) is 3.05. The van der Waals surface area contributed by atoms with Gasteiger partial charge >= 0.3 is 0 Å². The van der Waals surface area contributed by atoms with Crippen LogP contribution in [0.5, 0.6) is 0 Å². The molecular formula is C15H11BrClN5O. The molecule has 0 spiro atoms. The molecule has 2 aromatic carbocycles. The summed E-state index contributed by atoms with van der Waals surface area (Å²) in [6.07, 6.45) is 1.42. The first kappa shape index (κ1) is 15.6. The second-order valence-corrected chi connectivity index (χ2v) is 6.12. The molecule has 0 radical (unpaired) electrons. The van der Waals surface area contributed by atoms with Gasteiger partial charge in [-0.25, -0.2) is 0 Å². The SMILES string of the molecule is Cc1cc(NC(=O)c2cc(Cl)ccc2-n2cnnn2)ccc1Br. The normalized spacial score (nSPS) is 10.6. The molecule has 0 unspecified atom stereocenters. The number of nitrogens with one attached hydrogen (secondary N) is 1. The number of aryl methyl sites for hydroxylation is 1. The number of rotatable bonds is 3. The summed E-state index contributed by atoms with van der Waals surface area (Å²) in [6.45, 7) is 1.95. The lowest BCUT2D eigenvalue weighted by atomic mass is 10.1. The van der Waals surface area contributed by atoms with E-state index in [1.54, 1.807) is 18.2 Å². The number of benzene rings is 2. The van der Waals surface area contributed by atoms with Gasteiger partial charge in [-0.05, 0) is 59.3 Å². The Morgan fingerprint density at radius 2 is 2.09 bits per heavy atom. The first-order valence-electron chi connectivity index (χ1n) is 6.65. The van der Waals surface area contributed by atoms with Crippen molar-refractivity contribution in [3.8, 4) is 5.69 Å². The summed E-state index contributed by atoms with van der Waals surface area (Å²) in [5.41, 5.74) is 2.64. The van der Waals surface area contributed by atoms with Gasteiger partial charge in [0, 0.05) is 15.2 Å². The van der Waals surface area contributed by atoms with Gasteiger partial charge < -0.3 is 5.32 Å². The van der Waals surface area contributed by atoms with Crippen LogP contribution in [-0.2, 0) is 0 Å². The summed E-state index contributed by atoms with van der Waals surface area (Å²) in [7, 11) is 0. The highest BCUT2D eigenvalue weighted by Gasteiger charge is 2.15. The van der Waals surface area contributed by atoms with E-state index in [1.165, 1.54) is 11.0 Å². The molecule has 1 amide bonds. The zero-order chi connectivity index (χ0) is 16.4. The van der Waals surface area contributed by atoms with Gasteiger partial charge in [-0.15, -0.1) is 5.10 Å². The number of carbonyl (C=O) groups excluding carboxylic acids is 1. The summed E-state index contributed by atoms with van der Waals surface area (Å²) in [6, 6.07) is 10.5. The van der Waals surface area contributed by atoms with E-state index >= 15 is 0 Å². The molecule has 0 fully saturated rings. The van der Waals surface area contributed by atoms with Crippen LogP contribution in [0.1, 0.15) is 15.9 Å². The van der Waals surface area contributed by atoms with Gasteiger partial charge in [-0.1, -0.05) is 27.5 Å². The summed E-state index contributed by atoms with van der Waals surface area (Å²) in [4.78, 5) is 12.6. The molecule has 8 heteroatoms. The Balaban J connectivity index is 1.95. The van der Waals surface area contributed by atoms with Crippen LogP contribution in [-0.4, -0.2) is 26.1 Å². The minimum Gasteiger partial charge on any atom is -0.322 e. The number of carbonyl (C=O) groups is 1. The van der Waals surface area contributed by atoms with E-state index in [-0.39, 0.29) is 5.91 Å². The van der Waals surface area contributed by atoms with Crippen LogP contribution < -0.4 is 5.32 Å². The van der Waals surface area contributed by atoms with E-state index in [0.29, 0.717) is 22.0 Å². The molecule has 6 nitrogen and oxygen atoms in total.